The van der Waals surface area contributed by atoms with E-state index in [0.717, 1.165) is 11.1 Å². The Labute approximate surface area is 89.1 Å². The van der Waals surface area contributed by atoms with Gasteiger partial charge in [0.25, 0.3) is 0 Å². The van der Waals surface area contributed by atoms with Crippen LogP contribution in [-0.2, 0) is 10.3 Å². The third-order valence-electron chi connectivity index (χ3n) is 1.99. The molecule has 0 bridgehead atoms. The molecule has 6 heteroatoms. The molecule has 0 saturated heterocycles. The first-order valence-corrected chi connectivity index (χ1v) is 5.68. The van der Waals surface area contributed by atoms with Gasteiger partial charge in [-0.3, -0.25) is 0 Å². The van der Waals surface area contributed by atoms with Gasteiger partial charge in [0.05, 0.1) is 7.11 Å². The molecule has 5 nitrogen and oxygen atoms in total. The Morgan fingerprint density at radius 1 is 1.13 bits per heavy atom. The first-order chi connectivity index (χ1) is 6.83. The lowest BCUT2D eigenvalue weighted by molar-refractivity contribution is 0.390. The zero-order valence-electron chi connectivity index (χ0n) is 8.77. The fourth-order valence-electron chi connectivity index (χ4n) is 1.11. The molecule has 0 fully saturated rings. The summed E-state index contributed by atoms with van der Waals surface area (Å²) in [5, 5.41) is 4.77. The smallest absolute Gasteiger partial charge is 0.380 e. The van der Waals surface area contributed by atoms with Crippen molar-refractivity contribution < 1.29 is 17.3 Å². The first-order valence-electron chi connectivity index (χ1n) is 4.21. The molecule has 0 aliphatic carbocycles. The van der Waals surface area contributed by atoms with Crippen LogP contribution in [0.15, 0.2) is 12.1 Å². The second-order valence-corrected chi connectivity index (χ2v) is 4.32. The third kappa shape index (κ3) is 3.10. The fourth-order valence-corrected chi connectivity index (χ4v) is 1.49. The van der Waals surface area contributed by atoms with Crippen molar-refractivity contribution in [3.63, 3.8) is 0 Å². The van der Waals surface area contributed by atoms with E-state index in [2.05, 4.69) is 4.18 Å². The van der Waals surface area contributed by atoms with E-state index in [9.17, 15) is 8.42 Å². The van der Waals surface area contributed by atoms with Gasteiger partial charge in [-0.05, 0) is 37.1 Å². The van der Waals surface area contributed by atoms with Crippen LogP contribution in [0.5, 0.6) is 11.5 Å². The molecule has 0 unspecified atom stereocenters. The largest absolute Gasteiger partial charge is 0.493 e. The number of hydrogen-bond acceptors (Lipinski definition) is 4. The maximum atomic E-state index is 10.8. The van der Waals surface area contributed by atoms with Gasteiger partial charge in [0, 0.05) is 0 Å². The average Bonchev–Trinajstić information content (AvgIpc) is 2.08. The second-order valence-electron chi connectivity index (χ2n) is 3.16. The molecule has 2 N–H and O–H groups in total. The van der Waals surface area contributed by atoms with Crippen LogP contribution in [0.1, 0.15) is 11.1 Å². The average molecular weight is 231 g/mol. The lowest BCUT2D eigenvalue weighted by Gasteiger charge is -2.10. The zero-order valence-corrected chi connectivity index (χ0v) is 9.59. The molecule has 0 aliphatic rings. The Hall–Kier alpha value is -1.27. The van der Waals surface area contributed by atoms with E-state index >= 15 is 0 Å². The SMILES string of the molecule is COc1cc(C)c(C)cc1OS(N)(=O)=O. The van der Waals surface area contributed by atoms with Crippen molar-refractivity contribution in [1.29, 1.82) is 0 Å². The molecule has 1 aromatic carbocycles. The minimum atomic E-state index is -4.02. The van der Waals surface area contributed by atoms with Crippen molar-refractivity contribution in [1.82, 2.24) is 0 Å². The highest BCUT2D eigenvalue weighted by Gasteiger charge is 2.12. The molecule has 0 saturated carbocycles. The van der Waals surface area contributed by atoms with Gasteiger partial charge < -0.3 is 8.92 Å². The minimum Gasteiger partial charge on any atom is -0.493 e. The first kappa shape index (κ1) is 11.8. The summed E-state index contributed by atoms with van der Waals surface area (Å²) in [6.45, 7) is 3.73. The van der Waals surface area contributed by atoms with Crippen molar-refractivity contribution in [3.05, 3.63) is 23.3 Å². The molecule has 15 heavy (non-hydrogen) atoms. The molecule has 0 aromatic heterocycles. The van der Waals surface area contributed by atoms with Gasteiger partial charge >= 0.3 is 10.3 Å². The highest BCUT2D eigenvalue weighted by molar-refractivity contribution is 7.84. The lowest BCUT2D eigenvalue weighted by atomic mass is 10.1. The van der Waals surface area contributed by atoms with Crippen LogP contribution >= 0.6 is 0 Å². The van der Waals surface area contributed by atoms with Crippen LogP contribution in [0, 0.1) is 13.8 Å². The Kier molecular flexibility index (Phi) is 3.21. The molecule has 0 aliphatic heterocycles. The normalized spacial score (nSPS) is 11.2. The highest BCUT2D eigenvalue weighted by atomic mass is 32.2. The van der Waals surface area contributed by atoms with Gasteiger partial charge in [0.15, 0.2) is 11.5 Å². The number of nitrogens with two attached hydrogens (primary N) is 1. The standard InChI is InChI=1S/C9H13NO4S/c1-6-4-8(13-3)9(5-7(6)2)14-15(10,11)12/h4-5H,1-3H3,(H2,10,11,12). The van der Waals surface area contributed by atoms with Gasteiger partial charge in [-0.15, -0.1) is 0 Å². The number of hydrogen-bond donors (Lipinski definition) is 1. The molecule has 0 heterocycles. The van der Waals surface area contributed by atoms with E-state index in [1.807, 2.05) is 13.8 Å². The van der Waals surface area contributed by atoms with Crippen molar-refractivity contribution in [2.45, 2.75) is 13.8 Å². The van der Waals surface area contributed by atoms with Crippen LogP contribution in [-0.4, -0.2) is 15.5 Å². The summed E-state index contributed by atoms with van der Waals surface area (Å²) in [5.74, 6) is 0.440. The van der Waals surface area contributed by atoms with E-state index in [-0.39, 0.29) is 5.75 Å². The molecular formula is C9H13NO4S. The van der Waals surface area contributed by atoms with E-state index in [1.165, 1.54) is 7.11 Å². The summed E-state index contributed by atoms with van der Waals surface area (Å²) in [5.41, 5.74) is 1.88. The Morgan fingerprint density at radius 3 is 2.00 bits per heavy atom. The molecule has 0 spiro atoms. The van der Waals surface area contributed by atoms with E-state index < -0.39 is 10.3 Å². The minimum absolute atomic E-state index is 0.100. The lowest BCUT2D eigenvalue weighted by Crippen LogP contribution is -2.19. The predicted octanol–water partition coefficient (Wildman–Crippen LogP) is 0.894. The van der Waals surface area contributed by atoms with Gasteiger partial charge in [-0.25, -0.2) is 0 Å². The number of aryl methyl sites for hydroxylation is 2. The summed E-state index contributed by atoms with van der Waals surface area (Å²) in [4.78, 5) is 0. The zero-order chi connectivity index (χ0) is 11.6. The van der Waals surface area contributed by atoms with Crippen molar-refractivity contribution in [2.24, 2.45) is 5.14 Å². The van der Waals surface area contributed by atoms with Crippen molar-refractivity contribution in [2.75, 3.05) is 7.11 Å². The molecule has 0 radical (unpaired) electrons. The molecular weight excluding hydrogens is 218 g/mol. The fraction of sp³-hybridized carbons (Fsp3) is 0.333. The molecule has 84 valence electrons. The molecule has 0 amide bonds. The van der Waals surface area contributed by atoms with Crippen LogP contribution in [0.2, 0.25) is 0 Å². The Morgan fingerprint density at radius 2 is 1.60 bits per heavy atom. The molecule has 0 atom stereocenters. The quantitative estimate of drug-likeness (QED) is 0.838. The van der Waals surface area contributed by atoms with Crippen LogP contribution in [0.3, 0.4) is 0 Å². The van der Waals surface area contributed by atoms with Gasteiger partial charge in [0.1, 0.15) is 0 Å². The van der Waals surface area contributed by atoms with Gasteiger partial charge in [0.2, 0.25) is 0 Å². The predicted molar refractivity (Wildman–Crippen MR) is 56.2 cm³/mol. The van der Waals surface area contributed by atoms with E-state index in [1.54, 1.807) is 12.1 Å². The van der Waals surface area contributed by atoms with Gasteiger partial charge in [-0.2, -0.15) is 13.6 Å². The number of benzene rings is 1. The van der Waals surface area contributed by atoms with Crippen LogP contribution in [0.4, 0.5) is 0 Å². The van der Waals surface area contributed by atoms with Crippen LogP contribution in [0.25, 0.3) is 0 Å². The molecule has 1 rings (SSSR count). The summed E-state index contributed by atoms with van der Waals surface area (Å²) in [6.07, 6.45) is 0. The van der Waals surface area contributed by atoms with E-state index in [0.29, 0.717) is 5.75 Å². The second kappa shape index (κ2) is 4.08. The number of ether oxygens (including phenoxy) is 1. The van der Waals surface area contributed by atoms with Crippen molar-refractivity contribution in [3.8, 4) is 11.5 Å². The highest BCUT2D eigenvalue weighted by Crippen LogP contribution is 2.30. The molecule has 1 aromatic rings. The Bertz CT molecular complexity index is 467. The van der Waals surface area contributed by atoms with E-state index in [4.69, 9.17) is 9.88 Å². The monoisotopic (exact) mass is 231 g/mol. The summed E-state index contributed by atoms with van der Waals surface area (Å²) in [6, 6.07) is 3.26. The topological polar surface area (TPSA) is 78.6 Å². The summed E-state index contributed by atoms with van der Waals surface area (Å²) >= 11 is 0. The maximum Gasteiger partial charge on any atom is 0.380 e. The third-order valence-corrected chi connectivity index (χ3v) is 2.40. The maximum absolute atomic E-state index is 10.8. The van der Waals surface area contributed by atoms with Crippen LogP contribution < -0.4 is 14.1 Å². The Balaban J connectivity index is 3.22. The summed E-state index contributed by atoms with van der Waals surface area (Å²) in [7, 11) is -2.59. The van der Waals surface area contributed by atoms with Gasteiger partial charge in [-0.1, -0.05) is 0 Å². The van der Waals surface area contributed by atoms with Crippen molar-refractivity contribution >= 4 is 10.3 Å². The number of methoxy groups -OCH3 is 1. The number of rotatable bonds is 3. The summed E-state index contributed by atoms with van der Waals surface area (Å²) < 4.78 is 31.1.